The normalized spacial score (nSPS) is 13.4. The first-order valence-corrected chi connectivity index (χ1v) is 7.11. The van der Waals surface area contributed by atoms with Crippen LogP contribution in [0.1, 0.15) is 25.8 Å². The standard InChI is InChI=1S/C15H19F2NO5/c1-15(2,13(19)20)3-4-18-7-9-5-11-12(22-8-21-11)6-10(9)23-14(16)17/h5-6,14,18H,3-4,7-8H2,1-2H3,(H,19,20). The topological polar surface area (TPSA) is 77.0 Å². The molecule has 0 unspecified atom stereocenters. The Labute approximate surface area is 132 Å². The van der Waals surface area contributed by atoms with Crippen LogP contribution in [0.15, 0.2) is 12.1 Å². The third kappa shape index (κ3) is 4.44. The molecule has 0 saturated carbocycles. The first-order chi connectivity index (χ1) is 10.8. The Kier molecular flexibility index (Phi) is 5.25. The molecule has 128 valence electrons. The van der Waals surface area contributed by atoms with Gasteiger partial charge in [-0.3, -0.25) is 4.79 Å². The van der Waals surface area contributed by atoms with E-state index < -0.39 is 18.0 Å². The molecule has 1 aromatic carbocycles. The van der Waals surface area contributed by atoms with Crippen molar-refractivity contribution in [2.45, 2.75) is 33.4 Å². The number of halogens is 2. The van der Waals surface area contributed by atoms with Gasteiger partial charge < -0.3 is 24.6 Å². The van der Waals surface area contributed by atoms with Crippen molar-refractivity contribution in [3.8, 4) is 17.2 Å². The number of carboxylic acid groups (broad SMARTS) is 1. The fourth-order valence-corrected chi connectivity index (χ4v) is 2.04. The van der Waals surface area contributed by atoms with Gasteiger partial charge in [0.25, 0.3) is 0 Å². The van der Waals surface area contributed by atoms with E-state index in [-0.39, 0.29) is 19.1 Å². The molecule has 0 spiro atoms. The minimum absolute atomic E-state index is 0.00856. The molecule has 0 fully saturated rings. The van der Waals surface area contributed by atoms with Crippen LogP contribution >= 0.6 is 0 Å². The van der Waals surface area contributed by atoms with E-state index in [1.807, 2.05) is 0 Å². The molecule has 1 heterocycles. The predicted molar refractivity (Wildman–Crippen MR) is 76.9 cm³/mol. The summed E-state index contributed by atoms with van der Waals surface area (Å²) in [5.41, 5.74) is -0.368. The van der Waals surface area contributed by atoms with Crippen molar-refractivity contribution in [2.75, 3.05) is 13.3 Å². The minimum atomic E-state index is -2.94. The smallest absolute Gasteiger partial charge is 0.387 e. The third-order valence-electron chi connectivity index (χ3n) is 3.59. The molecule has 2 rings (SSSR count). The molecule has 6 nitrogen and oxygen atoms in total. The van der Waals surface area contributed by atoms with Crippen LogP contribution < -0.4 is 19.5 Å². The van der Waals surface area contributed by atoms with E-state index in [1.54, 1.807) is 19.9 Å². The van der Waals surface area contributed by atoms with Crippen LogP contribution in [0, 0.1) is 5.41 Å². The molecule has 0 amide bonds. The second kappa shape index (κ2) is 6.99. The highest BCUT2D eigenvalue weighted by molar-refractivity contribution is 5.73. The lowest BCUT2D eigenvalue weighted by Crippen LogP contribution is -2.28. The number of benzene rings is 1. The lowest BCUT2D eigenvalue weighted by molar-refractivity contribution is -0.147. The summed E-state index contributed by atoms with van der Waals surface area (Å²) < 4.78 is 39.9. The zero-order valence-corrected chi connectivity index (χ0v) is 12.9. The number of alkyl halides is 2. The first-order valence-electron chi connectivity index (χ1n) is 7.11. The molecule has 8 heteroatoms. The molecule has 2 N–H and O–H groups in total. The second-order valence-corrected chi connectivity index (χ2v) is 5.81. The maximum atomic E-state index is 12.5. The number of carboxylic acids is 1. The van der Waals surface area contributed by atoms with Crippen molar-refractivity contribution < 1.29 is 32.9 Å². The van der Waals surface area contributed by atoms with Crippen LogP contribution in [-0.4, -0.2) is 31.0 Å². The largest absolute Gasteiger partial charge is 0.481 e. The molecular formula is C15H19F2NO5. The zero-order chi connectivity index (χ0) is 17.0. The van der Waals surface area contributed by atoms with Crippen molar-refractivity contribution in [1.82, 2.24) is 5.32 Å². The van der Waals surface area contributed by atoms with Crippen LogP contribution in [0.4, 0.5) is 8.78 Å². The van der Waals surface area contributed by atoms with E-state index in [9.17, 15) is 13.6 Å². The number of aliphatic carboxylic acids is 1. The molecule has 0 saturated heterocycles. The van der Waals surface area contributed by atoms with Crippen molar-refractivity contribution in [2.24, 2.45) is 5.41 Å². The molecule has 23 heavy (non-hydrogen) atoms. The monoisotopic (exact) mass is 331 g/mol. The van der Waals surface area contributed by atoms with Crippen LogP contribution in [-0.2, 0) is 11.3 Å². The maximum absolute atomic E-state index is 12.5. The summed E-state index contributed by atoms with van der Waals surface area (Å²) in [4.78, 5) is 11.0. The van der Waals surface area contributed by atoms with E-state index in [4.69, 9.17) is 14.6 Å². The molecule has 1 aliphatic heterocycles. The van der Waals surface area contributed by atoms with Gasteiger partial charge >= 0.3 is 12.6 Å². The Morgan fingerprint density at radius 1 is 1.39 bits per heavy atom. The summed E-state index contributed by atoms with van der Waals surface area (Å²) in [6.45, 7) is 1.01. The molecular weight excluding hydrogens is 312 g/mol. The zero-order valence-electron chi connectivity index (χ0n) is 12.9. The summed E-state index contributed by atoms with van der Waals surface area (Å²) in [5.74, 6) is -0.0518. The number of carbonyl (C=O) groups is 1. The van der Waals surface area contributed by atoms with Gasteiger partial charge in [-0.1, -0.05) is 0 Å². The summed E-state index contributed by atoms with van der Waals surface area (Å²) in [7, 11) is 0. The van der Waals surface area contributed by atoms with Crippen molar-refractivity contribution in [1.29, 1.82) is 0 Å². The van der Waals surface area contributed by atoms with Gasteiger partial charge in [0.2, 0.25) is 6.79 Å². The fourth-order valence-electron chi connectivity index (χ4n) is 2.04. The van der Waals surface area contributed by atoms with E-state index in [0.717, 1.165) is 0 Å². The Hall–Kier alpha value is -2.09. The Morgan fingerprint density at radius 3 is 2.65 bits per heavy atom. The maximum Gasteiger partial charge on any atom is 0.387 e. The molecule has 1 aromatic rings. The van der Waals surface area contributed by atoms with Gasteiger partial charge in [-0.25, -0.2) is 0 Å². The number of hydrogen-bond donors (Lipinski definition) is 2. The number of rotatable bonds is 8. The summed E-state index contributed by atoms with van der Waals surface area (Å²) in [6, 6.07) is 2.95. The number of nitrogens with one attached hydrogen (secondary N) is 1. The Bertz CT molecular complexity index is 577. The van der Waals surface area contributed by atoms with Gasteiger partial charge in [-0.15, -0.1) is 0 Å². The summed E-state index contributed by atoms with van der Waals surface area (Å²) >= 11 is 0. The average molecular weight is 331 g/mol. The average Bonchev–Trinajstić information content (AvgIpc) is 2.89. The van der Waals surface area contributed by atoms with Gasteiger partial charge in [0.1, 0.15) is 5.75 Å². The van der Waals surface area contributed by atoms with E-state index in [1.165, 1.54) is 6.07 Å². The number of hydrogen-bond acceptors (Lipinski definition) is 5. The lowest BCUT2D eigenvalue weighted by Gasteiger charge is -2.19. The molecule has 0 atom stereocenters. The Morgan fingerprint density at radius 2 is 2.04 bits per heavy atom. The predicted octanol–water partition coefficient (Wildman–Crippen LogP) is 2.61. The fraction of sp³-hybridized carbons (Fsp3) is 0.533. The highest BCUT2D eigenvalue weighted by Gasteiger charge is 2.26. The lowest BCUT2D eigenvalue weighted by atomic mass is 9.90. The second-order valence-electron chi connectivity index (χ2n) is 5.81. The SMILES string of the molecule is CC(C)(CCNCc1cc2c(cc1OC(F)F)OCO2)C(=O)O. The van der Waals surface area contributed by atoms with Gasteiger partial charge in [0.15, 0.2) is 11.5 Å². The molecule has 0 aromatic heterocycles. The van der Waals surface area contributed by atoms with Crippen molar-refractivity contribution in [3.05, 3.63) is 17.7 Å². The molecule has 0 bridgehead atoms. The third-order valence-corrected chi connectivity index (χ3v) is 3.59. The molecule has 0 aliphatic carbocycles. The highest BCUT2D eigenvalue weighted by atomic mass is 19.3. The number of fused-ring (bicyclic) bond motifs is 1. The minimum Gasteiger partial charge on any atom is -0.481 e. The van der Waals surface area contributed by atoms with Crippen LogP contribution in [0.3, 0.4) is 0 Å². The molecule has 0 radical (unpaired) electrons. The molecule has 1 aliphatic rings. The van der Waals surface area contributed by atoms with Gasteiger partial charge in [0.05, 0.1) is 5.41 Å². The summed E-state index contributed by atoms with van der Waals surface area (Å²) in [5, 5.41) is 12.1. The highest BCUT2D eigenvalue weighted by Crippen LogP contribution is 2.38. The van der Waals surface area contributed by atoms with Gasteiger partial charge in [0, 0.05) is 18.2 Å². The quantitative estimate of drug-likeness (QED) is 0.713. The first kappa shape index (κ1) is 17.3. The Balaban J connectivity index is 2.00. The number of ether oxygens (including phenoxy) is 3. The van der Waals surface area contributed by atoms with Crippen molar-refractivity contribution >= 4 is 5.97 Å². The van der Waals surface area contributed by atoms with Crippen molar-refractivity contribution in [3.63, 3.8) is 0 Å². The van der Waals surface area contributed by atoms with E-state index >= 15 is 0 Å². The van der Waals surface area contributed by atoms with E-state index in [2.05, 4.69) is 10.1 Å². The van der Waals surface area contributed by atoms with Gasteiger partial charge in [-0.2, -0.15) is 8.78 Å². The summed E-state index contributed by atoms with van der Waals surface area (Å²) in [6.07, 6.45) is 0.401. The van der Waals surface area contributed by atoms with Crippen LogP contribution in [0.2, 0.25) is 0 Å². The van der Waals surface area contributed by atoms with Crippen LogP contribution in [0.5, 0.6) is 17.2 Å². The van der Waals surface area contributed by atoms with Gasteiger partial charge in [-0.05, 0) is 32.9 Å². The van der Waals surface area contributed by atoms with E-state index in [0.29, 0.717) is 30.0 Å². The van der Waals surface area contributed by atoms with Crippen LogP contribution in [0.25, 0.3) is 0 Å².